The van der Waals surface area contributed by atoms with Gasteiger partial charge in [-0.15, -0.1) is 0 Å². The first-order valence-corrected chi connectivity index (χ1v) is 7.35. The molecule has 3 rings (SSSR count). The fraction of sp³-hybridized carbons (Fsp3) is 0.647. The Morgan fingerprint density at radius 3 is 2.53 bits per heavy atom. The third-order valence-electron chi connectivity index (χ3n) is 5.24. The average molecular weight is 260 g/mol. The van der Waals surface area contributed by atoms with Crippen molar-refractivity contribution in [3.05, 3.63) is 35.9 Å². The first-order chi connectivity index (χ1) is 8.90. The molecule has 0 radical (unpaired) electrons. The molecule has 104 valence electrons. The molecule has 1 N–H and O–H groups in total. The van der Waals surface area contributed by atoms with E-state index in [1.54, 1.807) is 0 Å². The molecular formula is C17H24O2. The van der Waals surface area contributed by atoms with Crippen LogP contribution >= 0.6 is 0 Å². The van der Waals surface area contributed by atoms with E-state index in [0.717, 1.165) is 19.3 Å². The lowest BCUT2D eigenvalue weighted by atomic mass is 9.62. The zero-order valence-corrected chi connectivity index (χ0v) is 12.1. The van der Waals surface area contributed by atoms with E-state index in [9.17, 15) is 5.11 Å². The molecule has 1 aromatic rings. The first-order valence-electron chi connectivity index (χ1n) is 7.35. The fourth-order valence-corrected chi connectivity index (χ4v) is 3.86. The summed E-state index contributed by atoms with van der Waals surface area (Å²) in [6.07, 6.45) is 3.04. The summed E-state index contributed by atoms with van der Waals surface area (Å²) in [5.41, 5.74) is 0.502. The van der Waals surface area contributed by atoms with Gasteiger partial charge < -0.3 is 9.84 Å². The summed E-state index contributed by atoms with van der Waals surface area (Å²) in [7, 11) is 0. The van der Waals surface area contributed by atoms with Gasteiger partial charge in [-0.3, -0.25) is 0 Å². The van der Waals surface area contributed by atoms with Gasteiger partial charge in [0.2, 0.25) is 0 Å². The minimum Gasteiger partial charge on any atom is -0.390 e. The van der Waals surface area contributed by atoms with Crippen LogP contribution in [0.5, 0.6) is 0 Å². The monoisotopic (exact) mass is 260 g/mol. The van der Waals surface area contributed by atoms with Crippen molar-refractivity contribution in [2.75, 3.05) is 0 Å². The maximum atomic E-state index is 10.7. The molecule has 2 fully saturated rings. The largest absolute Gasteiger partial charge is 0.390 e. The summed E-state index contributed by atoms with van der Waals surface area (Å²) in [6.45, 7) is 6.37. The van der Waals surface area contributed by atoms with Crippen LogP contribution in [0.15, 0.2) is 30.3 Å². The lowest BCUT2D eigenvalue weighted by Gasteiger charge is -2.55. The van der Waals surface area contributed by atoms with Gasteiger partial charge in [0.15, 0.2) is 0 Å². The van der Waals surface area contributed by atoms with Gasteiger partial charge in [0.25, 0.3) is 0 Å². The van der Waals surface area contributed by atoms with Gasteiger partial charge in [0.1, 0.15) is 0 Å². The highest BCUT2D eigenvalue weighted by atomic mass is 16.5. The van der Waals surface area contributed by atoms with Crippen molar-refractivity contribution >= 4 is 0 Å². The van der Waals surface area contributed by atoms with Gasteiger partial charge in [-0.25, -0.2) is 0 Å². The lowest BCUT2D eigenvalue weighted by molar-refractivity contribution is -0.232. The van der Waals surface area contributed by atoms with Crippen molar-refractivity contribution in [1.29, 1.82) is 0 Å². The number of aliphatic hydroxyl groups is 1. The molecule has 1 saturated carbocycles. The molecule has 2 bridgehead atoms. The first kappa shape index (κ1) is 13.1. The molecule has 0 amide bonds. The summed E-state index contributed by atoms with van der Waals surface area (Å²) in [6, 6.07) is 10.4. The number of rotatable bonds is 1. The summed E-state index contributed by atoms with van der Waals surface area (Å²) in [5.74, 6) is 0.777. The molecule has 1 aliphatic heterocycles. The van der Waals surface area contributed by atoms with Crippen LogP contribution in [0.3, 0.4) is 0 Å². The van der Waals surface area contributed by atoms with Crippen LogP contribution in [-0.2, 0) is 4.74 Å². The quantitative estimate of drug-likeness (QED) is 0.834. The van der Waals surface area contributed by atoms with Crippen molar-refractivity contribution in [3.63, 3.8) is 0 Å². The predicted molar refractivity (Wildman–Crippen MR) is 75.8 cm³/mol. The second-order valence-corrected chi connectivity index (χ2v) is 6.99. The highest BCUT2D eigenvalue weighted by Crippen LogP contribution is 2.54. The molecule has 1 heterocycles. The second kappa shape index (κ2) is 4.32. The number of hydrogen-bond acceptors (Lipinski definition) is 2. The van der Waals surface area contributed by atoms with Gasteiger partial charge in [-0.2, -0.15) is 0 Å². The Morgan fingerprint density at radius 2 is 1.84 bits per heavy atom. The Labute approximate surface area is 115 Å². The maximum absolute atomic E-state index is 10.7. The van der Waals surface area contributed by atoms with Crippen molar-refractivity contribution in [1.82, 2.24) is 0 Å². The third kappa shape index (κ3) is 2.21. The van der Waals surface area contributed by atoms with Gasteiger partial charge in [0, 0.05) is 5.92 Å². The third-order valence-corrected chi connectivity index (χ3v) is 5.24. The fourth-order valence-electron chi connectivity index (χ4n) is 3.86. The highest BCUT2D eigenvalue weighted by molar-refractivity contribution is 5.21. The van der Waals surface area contributed by atoms with E-state index < -0.39 is 5.60 Å². The molecule has 2 heteroatoms. The van der Waals surface area contributed by atoms with Crippen molar-refractivity contribution in [2.24, 2.45) is 11.8 Å². The predicted octanol–water partition coefficient (Wildman–Crippen LogP) is 3.70. The Morgan fingerprint density at radius 1 is 1.16 bits per heavy atom. The molecular weight excluding hydrogens is 236 g/mol. The van der Waals surface area contributed by atoms with Crippen molar-refractivity contribution in [3.8, 4) is 0 Å². The second-order valence-electron chi connectivity index (χ2n) is 6.99. The molecule has 0 unspecified atom stereocenters. The topological polar surface area (TPSA) is 29.5 Å². The molecule has 4 atom stereocenters. The molecule has 1 aromatic carbocycles. The van der Waals surface area contributed by atoms with Crippen LogP contribution in [0.4, 0.5) is 0 Å². The number of ether oxygens (including phenoxy) is 1. The zero-order valence-electron chi connectivity index (χ0n) is 12.1. The molecule has 1 saturated heterocycles. The Bertz CT molecular complexity index is 448. The van der Waals surface area contributed by atoms with E-state index in [1.807, 2.05) is 13.0 Å². The van der Waals surface area contributed by atoms with E-state index in [-0.39, 0.29) is 17.6 Å². The molecule has 2 aliphatic rings. The van der Waals surface area contributed by atoms with E-state index in [0.29, 0.717) is 5.92 Å². The van der Waals surface area contributed by atoms with Crippen LogP contribution in [0.1, 0.15) is 51.7 Å². The van der Waals surface area contributed by atoms with E-state index in [1.165, 1.54) is 5.56 Å². The van der Waals surface area contributed by atoms with Crippen LogP contribution < -0.4 is 0 Å². The number of benzene rings is 1. The van der Waals surface area contributed by atoms with Crippen LogP contribution in [0, 0.1) is 11.8 Å². The highest BCUT2D eigenvalue weighted by Gasteiger charge is 2.52. The zero-order chi connectivity index (χ0) is 13.7. The Balaban J connectivity index is 1.98. The lowest BCUT2D eigenvalue weighted by Crippen LogP contribution is -2.54. The maximum Gasteiger partial charge on any atom is 0.0887 e. The SMILES string of the molecule is CC1(C)O[C@H](c2ccccc2)[C@H]2C[C@H]1CC[C@@]2(C)O. The average Bonchev–Trinajstić information content (AvgIpc) is 2.36. The van der Waals surface area contributed by atoms with Gasteiger partial charge >= 0.3 is 0 Å². The molecule has 0 spiro atoms. The smallest absolute Gasteiger partial charge is 0.0887 e. The minimum absolute atomic E-state index is 0.0164. The van der Waals surface area contributed by atoms with E-state index in [4.69, 9.17) is 4.74 Å². The summed E-state index contributed by atoms with van der Waals surface area (Å²) < 4.78 is 6.40. The molecule has 1 aliphatic carbocycles. The standard InChI is InChI=1S/C17H24O2/c1-16(2)13-9-10-17(3,18)14(11-13)15(19-16)12-7-5-4-6-8-12/h4-8,13-15,18H,9-11H2,1-3H3/t13-,14-,15-,17-/m1/s1. The number of hydrogen-bond donors (Lipinski definition) is 1. The molecule has 0 aromatic heterocycles. The van der Waals surface area contributed by atoms with Crippen LogP contribution in [0.2, 0.25) is 0 Å². The summed E-state index contributed by atoms with van der Waals surface area (Å²) >= 11 is 0. The Kier molecular flexibility index (Phi) is 2.99. The summed E-state index contributed by atoms with van der Waals surface area (Å²) in [4.78, 5) is 0. The van der Waals surface area contributed by atoms with Gasteiger partial charge in [0.05, 0.1) is 17.3 Å². The summed E-state index contributed by atoms with van der Waals surface area (Å²) in [5, 5.41) is 10.7. The molecule has 19 heavy (non-hydrogen) atoms. The normalized spacial score (nSPS) is 40.9. The van der Waals surface area contributed by atoms with Crippen molar-refractivity contribution < 1.29 is 9.84 Å². The molecule has 2 nitrogen and oxygen atoms in total. The number of fused-ring (bicyclic) bond motifs is 2. The minimum atomic E-state index is -0.604. The Hall–Kier alpha value is -0.860. The van der Waals surface area contributed by atoms with Crippen LogP contribution in [-0.4, -0.2) is 16.3 Å². The van der Waals surface area contributed by atoms with Gasteiger partial charge in [-0.1, -0.05) is 30.3 Å². The van der Waals surface area contributed by atoms with E-state index in [2.05, 4.69) is 38.1 Å². The van der Waals surface area contributed by atoms with Crippen LogP contribution in [0.25, 0.3) is 0 Å². The van der Waals surface area contributed by atoms with E-state index >= 15 is 0 Å². The van der Waals surface area contributed by atoms with Gasteiger partial charge in [-0.05, 0) is 51.5 Å². The van der Waals surface area contributed by atoms with Crippen molar-refractivity contribution in [2.45, 2.75) is 57.3 Å².